The third-order valence-corrected chi connectivity index (χ3v) is 7.25. The molecule has 0 atom stereocenters. The average molecular weight is 572 g/mol. The second-order valence-electron chi connectivity index (χ2n) is 10.5. The number of nitrogens with zero attached hydrogens (tertiary/aromatic N) is 3. The van der Waals surface area contributed by atoms with E-state index in [-0.39, 0.29) is 0 Å². The van der Waals surface area contributed by atoms with Crippen molar-refractivity contribution in [3.8, 4) is 56.5 Å². The number of hydrogen-bond donors (Lipinski definition) is 0. The highest BCUT2D eigenvalue weighted by Gasteiger charge is 2.17. The zero-order chi connectivity index (χ0) is 29.7. The van der Waals surface area contributed by atoms with Crippen LogP contribution in [0.5, 0.6) is 23.0 Å². The van der Waals surface area contributed by atoms with Crippen LogP contribution in [0.4, 0.5) is 5.69 Å². The molecule has 0 saturated heterocycles. The molecular formula is C39H29N3O2+2. The largest absolute Gasteiger partial charge is 0.495 e. The molecule has 5 aromatic carbocycles. The van der Waals surface area contributed by atoms with E-state index in [2.05, 4.69) is 48.5 Å². The molecular weight excluding hydrogens is 542 g/mol. The minimum Gasteiger partial charge on any atom is -0.457 e. The Balaban J connectivity index is 1.24. The molecule has 44 heavy (non-hydrogen) atoms. The molecule has 1 aliphatic rings. The smallest absolute Gasteiger partial charge is 0.457 e. The van der Waals surface area contributed by atoms with E-state index in [1.54, 1.807) is 0 Å². The highest BCUT2D eigenvalue weighted by atomic mass is 16.5. The summed E-state index contributed by atoms with van der Waals surface area (Å²) in [4.78, 5) is 4.77. The van der Waals surface area contributed by atoms with Gasteiger partial charge in [-0.1, -0.05) is 75.9 Å². The Morgan fingerprint density at radius 2 is 1.14 bits per heavy atom. The van der Waals surface area contributed by atoms with Gasteiger partial charge in [0.1, 0.15) is 23.0 Å². The first-order valence-corrected chi connectivity index (χ1v) is 14.4. The van der Waals surface area contributed by atoms with Crippen LogP contribution < -0.4 is 9.47 Å². The summed E-state index contributed by atoms with van der Waals surface area (Å²) in [6, 6.07) is 49.9. The summed E-state index contributed by atoms with van der Waals surface area (Å²) in [5.41, 5.74) is 7.02. The van der Waals surface area contributed by atoms with Gasteiger partial charge in [-0.25, -0.2) is 0 Å². The van der Waals surface area contributed by atoms with E-state index in [1.807, 2.05) is 132 Å². The van der Waals surface area contributed by atoms with Crippen molar-refractivity contribution in [1.82, 2.24) is 4.98 Å². The van der Waals surface area contributed by atoms with E-state index in [1.165, 1.54) is 0 Å². The molecule has 0 bridgehead atoms. The maximum Gasteiger partial charge on any atom is 0.495 e. The van der Waals surface area contributed by atoms with Crippen LogP contribution >= 0.6 is 0 Å². The van der Waals surface area contributed by atoms with Gasteiger partial charge in [0, 0.05) is 17.8 Å². The predicted molar refractivity (Wildman–Crippen MR) is 174 cm³/mol. The van der Waals surface area contributed by atoms with E-state index in [0.717, 1.165) is 62.2 Å². The third kappa shape index (κ3) is 6.09. The fourth-order valence-corrected chi connectivity index (χ4v) is 5.11. The van der Waals surface area contributed by atoms with Gasteiger partial charge in [-0.3, -0.25) is 4.98 Å². The zero-order valence-electron chi connectivity index (χ0n) is 24.2. The van der Waals surface area contributed by atoms with Crippen LogP contribution in [0, 0.1) is 0 Å². The topological polar surface area (TPSA) is 37.4 Å². The first kappa shape index (κ1) is 26.8. The van der Waals surface area contributed by atoms with E-state index in [0.29, 0.717) is 0 Å². The summed E-state index contributed by atoms with van der Waals surface area (Å²) in [7, 11) is 1.95. The van der Waals surface area contributed by atoms with Gasteiger partial charge in [-0.15, -0.1) is 0 Å². The summed E-state index contributed by atoms with van der Waals surface area (Å²) in [5.74, 6) is 3.05. The lowest BCUT2D eigenvalue weighted by Gasteiger charge is -2.13. The predicted octanol–water partition coefficient (Wildman–Crippen LogP) is 9.61. The molecule has 0 spiro atoms. The molecule has 210 valence electrons. The number of hydrogen-bond acceptors (Lipinski definition) is 3. The van der Waals surface area contributed by atoms with Gasteiger partial charge in [0.2, 0.25) is 11.9 Å². The second kappa shape index (κ2) is 12.1. The van der Waals surface area contributed by atoms with Crippen molar-refractivity contribution in [1.29, 1.82) is 0 Å². The Labute approximate surface area is 256 Å². The van der Waals surface area contributed by atoms with Crippen LogP contribution in [0.15, 0.2) is 158 Å². The van der Waals surface area contributed by atoms with E-state index >= 15 is 0 Å². The van der Waals surface area contributed by atoms with Gasteiger partial charge in [0.25, 0.3) is 6.20 Å². The lowest BCUT2D eigenvalue weighted by atomic mass is 9.99. The molecule has 0 unspecified atom stereocenters. The summed E-state index contributed by atoms with van der Waals surface area (Å²) in [6.45, 7) is 0. The van der Waals surface area contributed by atoms with Crippen LogP contribution in [-0.4, -0.2) is 27.2 Å². The molecule has 2 heterocycles. The van der Waals surface area contributed by atoms with Crippen molar-refractivity contribution < 1.29 is 18.6 Å². The number of pyridine rings is 1. The van der Waals surface area contributed by atoms with Crippen LogP contribution in [0.25, 0.3) is 33.5 Å². The molecule has 0 fully saturated rings. The van der Waals surface area contributed by atoms with Crippen molar-refractivity contribution in [2.24, 2.45) is 0 Å². The maximum atomic E-state index is 6.48. The molecule has 0 radical (unpaired) electrons. The summed E-state index contributed by atoms with van der Waals surface area (Å²) in [6.07, 6.45) is 5.77. The SMILES string of the molecule is C[N+]1=C=[N+](c2cccc(Oc3cc(-c4ccccc4)cc(-c4cc(-c5cccc(Oc6ccccc6)c5)ccn4)c3)c2)C=C1. The first-order valence-electron chi connectivity index (χ1n) is 14.4. The van der Waals surface area contributed by atoms with Gasteiger partial charge < -0.3 is 9.47 Å². The Bertz CT molecular complexity index is 2060. The van der Waals surface area contributed by atoms with Gasteiger partial charge in [-0.05, 0) is 82.9 Å². The summed E-state index contributed by atoms with van der Waals surface area (Å²) >= 11 is 0. The lowest BCUT2D eigenvalue weighted by molar-refractivity contribution is -0.429. The van der Waals surface area contributed by atoms with Crippen molar-refractivity contribution in [3.05, 3.63) is 158 Å². The van der Waals surface area contributed by atoms with Gasteiger partial charge in [0.05, 0.1) is 11.8 Å². The van der Waals surface area contributed by atoms with E-state index in [4.69, 9.17) is 14.5 Å². The number of benzene rings is 5. The second-order valence-corrected chi connectivity index (χ2v) is 10.5. The molecule has 7 rings (SSSR count). The molecule has 1 aromatic heterocycles. The van der Waals surface area contributed by atoms with E-state index in [9.17, 15) is 0 Å². The molecule has 0 amide bonds. The van der Waals surface area contributed by atoms with Gasteiger partial charge in [0.15, 0.2) is 7.05 Å². The Morgan fingerprint density at radius 3 is 1.93 bits per heavy atom. The van der Waals surface area contributed by atoms with Crippen LogP contribution in [0.3, 0.4) is 0 Å². The highest BCUT2D eigenvalue weighted by Crippen LogP contribution is 2.35. The Kier molecular flexibility index (Phi) is 7.36. The van der Waals surface area contributed by atoms with Crippen molar-refractivity contribution >= 4 is 11.7 Å². The van der Waals surface area contributed by atoms with E-state index < -0.39 is 0 Å². The standard InChI is InChI=1S/C39H29N3O2/c1-41-20-21-42(28-41)34-13-9-17-37(27-34)44-38-24-32(29-10-4-2-5-11-29)22-33(25-38)39-26-31(18-19-40-39)30-12-8-16-36(23-30)43-35-14-6-3-7-15-35/h2-27H,1H3/q+2. The fraction of sp³-hybridized carbons (Fsp3) is 0.0256. The highest BCUT2D eigenvalue weighted by molar-refractivity contribution is 5.77. The normalized spacial score (nSPS) is 12.0. The molecule has 5 nitrogen and oxygen atoms in total. The first-order chi connectivity index (χ1) is 21.7. The quantitative estimate of drug-likeness (QED) is 0.171. The molecule has 1 aliphatic heterocycles. The maximum absolute atomic E-state index is 6.48. The zero-order valence-corrected chi connectivity index (χ0v) is 24.2. The van der Waals surface area contributed by atoms with Crippen molar-refractivity contribution in [2.45, 2.75) is 0 Å². The minimum atomic E-state index is 0.728. The number of para-hydroxylation sites is 1. The molecule has 6 aromatic rings. The van der Waals surface area contributed by atoms with Crippen molar-refractivity contribution in [2.75, 3.05) is 7.05 Å². The fourth-order valence-electron chi connectivity index (χ4n) is 5.11. The molecule has 5 heteroatoms. The van der Waals surface area contributed by atoms with Crippen LogP contribution in [0.2, 0.25) is 0 Å². The van der Waals surface area contributed by atoms with Crippen molar-refractivity contribution in [3.63, 3.8) is 0 Å². The Hall–Kier alpha value is -6.03. The lowest BCUT2D eigenvalue weighted by Crippen LogP contribution is -1.94. The summed E-state index contributed by atoms with van der Waals surface area (Å²) < 4.78 is 16.4. The van der Waals surface area contributed by atoms with Crippen LogP contribution in [-0.2, 0) is 0 Å². The monoisotopic (exact) mass is 571 g/mol. The number of rotatable bonds is 8. The minimum absolute atomic E-state index is 0.728. The number of aromatic nitrogens is 1. The van der Waals surface area contributed by atoms with Crippen LogP contribution in [0.1, 0.15) is 0 Å². The molecule has 0 N–H and O–H groups in total. The van der Waals surface area contributed by atoms with Gasteiger partial charge >= 0.3 is 6.01 Å². The Morgan fingerprint density at radius 1 is 0.500 bits per heavy atom. The van der Waals surface area contributed by atoms with Gasteiger partial charge in [-0.2, -0.15) is 0 Å². The molecule has 0 aliphatic carbocycles. The average Bonchev–Trinajstić information content (AvgIpc) is 3.52. The number of ether oxygens (including phenoxy) is 2. The summed E-state index contributed by atoms with van der Waals surface area (Å²) in [5, 5.41) is 0. The third-order valence-electron chi connectivity index (χ3n) is 7.25. The molecule has 0 saturated carbocycles.